The van der Waals surface area contributed by atoms with Gasteiger partial charge in [-0.25, -0.2) is 0 Å². The molecule has 78 valence electrons. The van der Waals surface area contributed by atoms with Gasteiger partial charge < -0.3 is 10.4 Å². The fraction of sp³-hybridized carbons (Fsp3) is 0.444. The largest absolute Gasteiger partial charge is 0.390 e. The van der Waals surface area contributed by atoms with Gasteiger partial charge in [0.15, 0.2) is 0 Å². The third kappa shape index (κ3) is 4.55. The zero-order valence-corrected chi connectivity index (χ0v) is 9.44. The monoisotopic (exact) mass is 259 g/mol. The minimum absolute atomic E-state index is 0.429. The highest BCUT2D eigenvalue weighted by atomic mass is 79.9. The van der Waals surface area contributed by atoms with Crippen molar-refractivity contribution >= 4 is 15.9 Å². The highest BCUT2D eigenvalue weighted by molar-refractivity contribution is 9.11. The molecule has 0 aliphatic carbocycles. The van der Waals surface area contributed by atoms with Crippen LogP contribution < -0.4 is 5.32 Å². The molecule has 1 aromatic heterocycles. The molecule has 4 nitrogen and oxygen atoms in total. The molecule has 1 heterocycles. The van der Waals surface area contributed by atoms with Crippen LogP contribution in [0.1, 0.15) is 0 Å². The third-order valence-corrected chi connectivity index (χ3v) is 1.93. The number of nitrogens with zero attached hydrogens (tertiary/aromatic N) is 2. The smallest absolute Gasteiger partial charge is 0.0860 e. The molecule has 0 amide bonds. The highest BCUT2D eigenvalue weighted by Gasteiger charge is 2.04. The van der Waals surface area contributed by atoms with Crippen LogP contribution in [-0.4, -0.2) is 34.1 Å². The number of halogens is 1. The Kier molecular flexibility index (Phi) is 4.86. The summed E-state index contributed by atoms with van der Waals surface area (Å²) in [6, 6.07) is 1.83. The summed E-state index contributed by atoms with van der Waals surface area (Å²) in [5.74, 6) is 0. The molecule has 5 heteroatoms. The number of hydrogen-bond donors (Lipinski definition) is 2. The topological polar surface area (TPSA) is 50.1 Å². The molecule has 0 bridgehead atoms. The lowest BCUT2D eigenvalue weighted by atomic mass is 10.3. The van der Waals surface area contributed by atoms with E-state index in [0.29, 0.717) is 19.6 Å². The Morgan fingerprint density at radius 3 is 3.07 bits per heavy atom. The molecule has 1 aromatic rings. The van der Waals surface area contributed by atoms with Gasteiger partial charge in [-0.3, -0.25) is 4.68 Å². The van der Waals surface area contributed by atoms with Crippen LogP contribution in [0.4, 0.5) is 0 Å². The van der Waals surface area contributed by atoms with E-state index < -0.39 is 6.10 Å². The van der Waals surface area contributed by atoms with E-state index in [-0.39, 0.29) is 0 Å². The van der Waals surface area contributed by atoms with Gasteiger partial charge >= 0.3 is 0 Å². The van der Waals surface area contributed by atoms with Crippen molar-refractivity contribution in [3.05, 3.63) is 29.5 Å². The van der Waals surface area contributed by atoms with Crippen molar-refractivity contribution < 1.29 is 5.11 Å². The minimum atomic E-state index is -0.429. The summed E-state index contributed by atoms with van der Waals surface area (Å²) in [7, 11) is 0. The van der Waals surface area contributed by atoms with E-state index in [1.54, 1.807) is 10.9 Å². The van der Waals surface area contributed by atoms with Gasteiger partial charge in [0.1, 0.15) is 0 Å². The van der Waals surface area contributed by atoms with Crippen molar-refractivity contribution in [1.82, 2.24) is 15.1 Å². The van der Waals surface area contributed by atoms with Crippen LogP contribution in [-0.2, 0) is 6.54 Å². The van der Waals surface area contributed by atoms with E-state index in [9.17, 15) is 5.11 Å². The summed E-state index contributed by atoms with van der Waals surface area (Å²) < 4.78 is 2.58. The quantitative estimate of drug-likeness (QED) is 0.793. The lowest BCUT2D eigenvalue weighted by Gasteiger charge is -2.11. The predicted molar refractivity (Wildman–Crippen MR) is 59.2 cm³/mol. The normalized spacial score (nSPS) is 12.7. The number of aromatic nitrogens is 2. The van der Waals surface area contributed by atoms with E-state index in [0.717, 1.165) is 4.48 Å². The molecular formula is C9H14BrN3O. The maximum absolute atomic E-state index is 9.57. The van der Waals surface area contributed by atoms with Crippen LogP contribution in [0, 0.1) is 0 Å². The van der Waals surface area contributed by atoms with Gasteiger partial charge in [-0.1, -0.05) is 22.5 Å². The standard InChI is InChI=1S/C9H14BrN3O/c1-8(10)5-11-6-9(14)7-13-4-2-3-12-13/h2-4,9,11,14H,1,5-7H2. The highest BCUT2D eigenvalue weighted by Crippen LogP contribution is 1.97. The number of hydrogen-bond acceptors (Lipinski definition) is 3. The molecule has 0 saturated carbocycles. The van der Waals surface area contributed by atoms with Crippen molar-refractivity contribution in [1.29, 1.82) is 0 Å². The van der Waals surface area contributed by atoms with Crippen LogP contribution in [0.2, 0.25) is 0 Å². The van der Waals surface area contributed by atoms with E-state index in [1.165, 1.54) is 0 Å². The van der Waals surface area contributed by atoms with Gasteiger partial charge in [-0.05, 0) is 6.07 Å². The molecule has 1 unspecified atom stereocenters. The van der Waals surface area contributed by atoms with Gasteiger partial charge in [0.25, 0.3) is 0 Å². The summed E-state index contributed by atoms with van der Waals surface area (Å²) in [5.41, 5.74) is 0. The molecule has 0 aliphatic heterocycles. The van der Waals surface area contributed by atoms with Crippen LogP contribution >= 0.6 is 15.9 Å². The number of aliphatic hydroxyl groups excluding tert-OH is 1. The molecule has 14 heavy (non-hydrogen) atoms. The van der Waals surface area contributed by atoms with Gasteiger partial charge in [0.05, 0.1) is 12.6 Å². The zero-order chi connectivity index (χ0) is 10.4. The fourth-order valence-electron chi connectivity index (χ4n) is 1.06. The lowest BCUT2D eigenvalue weighted by Crippen LogP contribution is -2.31. The van der Waals surface area contributed by atoms with Crippen molar-refractivity contribution in [2.75, 3.05) is 13.1 Å². The fourth-order valence-corrected chi connectivity index (χ4v) is 1.26. The van der Waals surface area contributed by atoms with Crippen molar-refractivity contribution in [2.45, 2.75) is 12.6 Å². The summed E-state index contributed by atoms with van der Waals surface area (Å²) in [6.07, 6.45) is 3.09. The SMILES string of the molecule is C=C(Br)CNCC(O)Cn1cccn1. The molecular weight excluding hydrogens is 246 g/mol. The van der Waals surface area contributed by atoms with E-state index in [2.05, 4.69) is 32.9 Å². The molecule has 0 spiro atoms. The maximum Gasteiger partial charge on any atom is 0.0860 e. The zero-order valence-electron chi connectivity index (χ0n) is 7.86. The van der Waals surface area contributed by atoms with Crippen LogP contribution in [0.5, 0.6) is 0 Å². The Labute approximate surface area is 91.8 Å². The molecule has 0 aliphatic rings. The first kappa shape index (κ1) is 11.4. The maximum atomic E-state index is 9.57. The Morgan fingerprint density at radius 2 is 2.50 bits per heavy atom. The molecule has 0 radical (unpaired) electrons. The average Bonchev–Trinajstić information content (AvgIpc) is 2.56. The van der Waals surface area contributed by atoms with Gasteiger partial charge in [0, 0.05) is 30.0 Å². The first-order valence-electron chi connectivity index (χ1n) is 4.38. The van der Waals surface area contributed by atoms with E-state index >= 15 is 0 Å². The third-order valence-electron chi connectivity index (χ3n) is 1.65. The Hall–Kier alpha value is -0.650. The Bertz CT molecular complexity index is 274. The summed E-state index contributed by atoms with van der Waals surface area (Å²) >= 11 is 3.23. The van der Waals surface area contributed by atoms with E-state index in [4.69, 9.17) is 0 Å². The minimum Gasteiger partial charge on any atom is -0.390 e. The molecule has 0 saturated heterocycles. The number of rotatable bonds is 6. The summed E-state index contributed by atoms with van der Waals surface area (Å²) in [4.78, 5) is 0. The van der Waals surface area contributed by atoms with Crippen LogP contribution in [0.3, 0.4) is 0 Å². The lowest BCUT2D eigenvalue weighted by molar-refractivity contribution is 0.148. The van der Waals surface area contributed by atoms with Gasteiger partial charge in [-0.15, -0.1) is 0 Å². The average molecular weight is 260 g/mol. The molecule has 1 rings (SSSR count). The van der Waals surface area contributed by atoms with Gasteiger partial charge in [0.2, 0.25) is 0 Å². The Balaban J connectivity index is 2.16. The second kappa shape index (κ2) is 5.95. The van der Waals surface area contributed by atoms with Gasteiger partial charge in [-0.2, -0.15) is 5.10 Å². The first-order chi connectivity index (χ1) is 6.68. The number of aliphatic hydroxyl groups is 1. The second-order valence-corrected chi connectivity index (χ2v) is 4.15. The predicted octanol–water partition coefficient (Wildman–Crippen LogP) is 0.742. The summed E-state index contributed by atoms with van der Waals surface area (Å²) in [6.45, 7) is 5.39. The summed E-state index contributed by atoms with van der Waals surface area (Å²) in [5, 5.41) is 16.6. The first-order valence-corrected chi connectivity index (χ1v) is 5.17. The van der Waals surface area contributed by atoms with Crippen molar-refractivity contribution in [2.24, 2.45) is 0 Å². The molecule has 1 atom stereocenters. The van der Waals surface area contributed by atoms with Crippen LogP contribution in [0.25, 0.3) is 0 Å². The van der Waals surface area contributed by atoms with Crippen LogP contribution in [0.15, 0.2) is 29.5 Å². The molecule has 0 fully saturated rings. The second-order valence-electron chi connectivity index (χ2n) is 3.03. The Morgan fingerprint density at radius 1 is 1.71 bits per heavy atom. The molecule has 2 N–H and O–H groups in total. The van der Waals surface area contributed by atoms with E-state index in [1.807, 2.05) is 12.3 Å². The number of nitrogens with one attached hydrogen (secondary N) is 1. The molecule has 0 aromatic carbocycles. The van der Waals surface area contributed by atoms with Crippen molar-refractivity contribution in [3.63, 3.8) is 0 Å². The van der Waals surface area contributed by atoms with Crippen molar-refractivity contribution in [3.8, 4) is 0 Å².